The molecular weight excluding hydrogens is 422 g/mol. The van der Waals surface area contributed by atoms with Crippen molar-refractivity contribution >= 4 is 34.6 Å². The summed E-state index contributed by atoms with van der Waals surface area (Å²) in [5.74, 6) is -2.34. The highest BCUT2D eigenvalue weighted by Crippen LogP contribution is 2.38. The van der Waals surface area contributed by atoms with E-state index in [4.69, 9.17) is 0 Å². The molecule has 4 rings (SSSR count). The Morgan fingerprint density at radius 3 is 2.55 bits per heavy atom. The molecule has 1 aliphatic heterocycles. The van der Waals surface area contributed by atoms with Crippen LogP contribution in [0.25, 0.3) is 11.0 Å². The fourth-order valence-electron chi connectivity index (χ4n) is 4.87. The summed E-state index contributed by atoms with van der Waals surface area (Å²) in [5, 5.41) is 19.5. The molecule has 0 spiro atoms. The van der Waals surface area contributed by atoms with Crippen molar-refractivity contribution in [2.24, 2.45) is 5.92 Å². The van der Waals surface area contributed by atoms with Crippen LogP contribution < -0.4 is 4.90 Å². The molecule has 0 bridgehead atoms. The summed E-state index contributed by atoms with van der Waals surface area (Å²) in [6.45, 7) is 2.32. The number of fused-ring (bicyclic) bond motifs is 3. The van der Waals surface area contributed by atoms with Crippen LogP contribution in [-0.4, -0.2) is 44.7 Å². The van der Waals surface area contributed by atoms with E-state index in [9.17, 15) is 24.6 Å². The molecule has 8 nitrogen and oxygen atoms in total. The Bertz CT molecular complexity index is 1220. The van der Waals surface area contributed by atoms with Crippen molar-refractivity contribution in [1.82, 2.24) is 9.55 Å². The number of likely N-dealkylation sites (N-methyl/N-ethyl adjacent to an activating group) is 1. The van der Waals surface area contributed by atoms with Gasteiger partial charge in [-0.25, -0.2) is 4.98 Å². The van der Waals surface area contributed by atoms with Crippen molar-refractivity contribution in [2.75, 3.05) is 11.9 Å². The smallest absolute Gasteiger partial charge is 0.307 e. The normalized spacial score (nSPS) is 16.2. The highest BCUT2D eigenvalue weighted by molar-refractivity contribution is 6.06. The first kappa shape index (κ1) is 22.5. The van der Waals surface area contributed by atoms with Gasteiger partial charge >= 0.3 is 11.9 Å². The molecule has 8 heteroatoms. The molecule has 1 amide bonds. The standard InChI is InChI=1S/C25H27N3O5/c1-15(17-6-4-3-5-7-17)25(33)27(2)20-10-11-26-24-23(20)18(13-22(31)32)19-9-8-16(12-21(29)30)14-28(19)24/h3-7,10-11,15-16H,8-9,12-14H2,1-2H3,(H,29,30)(H,31,32)/t15-,16-/m1/s1. The number of hydrogen-bond donors (Lipinski definition) is 2. The van der Waals surface area contributed by atoms with Crippen molar-refractivity contribution in [2.45, 2.75) is 45.1 Å². The number of carbonyl (C=O) groups excluding carboxylic acids is 1. The van der Waals surface area contributed by atoms with Crippen LogP contribution in [0, 0.1) is 5.92 Å². The molecule has 0 saturated carbocycles. The highest BCUT2D eigenvalue weighted by Gasteiger charge is 2.30. The first-order chi connectivity index (χ1) is 15.8. The van der Waals surface area contributed by atoms with Gasteiger partial charge in [-0.05, 0) is 42.9 Å². The van der Waals surface area contributed by atoms with E-state index in [-0.39, 0.29) is 30.6 Å². The van der Waals surface area contributed by atoms with E-state index in [2.05, 4.69) is 4.98 Å². The molecule has 2 aromatic heterocycles. The van der Waals surface area contributed by atoms with E-state index in [1.807, 2.05) is 41.8 Å². The minimum absolute atomic E-state index is 0.0498. The number of rotatable bonds is 7. The first-order valence-electron chi connectivity index (χ1n) is 11.0. The topological polar surface area (TPSA) is 113 Å². The number of aromatic nitrogens is 2. The molecule has 2 N–H and O–H groups in total. The Labute approximate surface area is 191 Å². The van der Waals surface area contributed by atoms with E-state index >= 15 is 0 Å². The molecule has 33 heavy (non-hydrogen) atoms. The maximum absolute atomic E-state index is 13.4. The summed E-state index contributed by atoms with van der Waals surface area (Å²) in [5.41, 5.74) is 3.63. The number of amides is 1. The van der Waals surface area contributed by atoms with E-state index < -0.39 is 11.9 Å². The number of carboxylic acid groups (broad SMARTS) is 2. The SMILES string of the molecule is C[C@@H](C(=O)N(C)c1ccnc2c1c(CC(=O)O)c1n2C[C@@H](CC(=O)O)CC1)c1ccccc1. The van der Waals surface area contributed by atoms with Gasteiger partial charge in [0.15, 0.2) is 0 Å². The number of anilines is 1. The molecular formula is C25H27N3O5. The molecule has 1 aliphatic rings. The minimum Gasteiger partial charge on any atom is -0.481 e. The number of pyridine rings is 1. The maximum atomic E-state index is 13.4. The number of benzene rings is 1. The summed E-state index contributed by atoms with van der Waals surface area (Å²) in [6, 6.07) is 11.2. The predicted molar refractivity (Wildman–Crippen MR) is 123 cm³/mol. The van der Waals surface area contributed by atoms with Crippen molar-refractivity contribution in [1.29, 1.82) is 0 Å². The zero-order valence-electron chi connectivity index (χ0n) is 18.7. The summed E-state index contributed by atoms with van der Waals surface area (Å²) in [4.78, 5) is 42.4. The summed E-state index contributed by atoms with van der Waals surface area (Å²) >= 11 is 0. The number of aliphatic carboxylic acids is 2. The molecule has 0 fully saturated rings. The molecule has 3 heterocycles. The van der Waals surface area contributed by atoms with E-state index in [1.54, 1.807) is 24.2 Å². The first-order valence-corrected chi connectivity index (χ1v) is 11.0. The monoisotopic (exact) mass is 449 g/mol. The van der Waals surface area contributed by atoms with Crippen LogP contribution in [0.15, 0.2) is 42.6 Å². The Kier molecular flexibility index (Phi) is 6.18. The Morgan fingerprint density at radius 2 is 1.88 bits per heavy atom. The van der Waals surface area contributed by atoms with Gasteiger partial charge in [-0.1, -0.05) is 30.3 Å². The molecule has 0 radical (unpaired) electrons. The molecule has 0 aliphatic carbocycles. The molecule has 172 valence electrons. The zero-order chi connectivity index (χ0) is 23.7. The van der Waals surface area contributed by atoms with Crippen LogP contribution in [0.3, 0.4) is 0 Å². The highest BCUT2D eigenvalue weighted by atomic mass is 16.4. The van der Waals surface area contributed by atoms with E-state index in [0.29, 0.717) is 41.7 Å². The lowest BCUT2D eigenvalue weighted by atomic mass is 9.93. The van der Waals surface area contributed by atoms with Gasteiger partial charge in [-0.15, -0.1) is 0 Å². The van der Waals surface area contributed by atoms with Gasteiger partial charge in [0.25, 0.3) is 0 Å². The molecule has 0 saturated heterocycles. The fraction of sp³-hybridized carbons (Fsp3) is 0.360. The third-order valence-corrected chi connectivity index (χ3v) is 6.52. The van der Waals surface area contributed by atoms with Crippen molar-refractivity contribution in [3.05, 3.63) is 59.4 Å². The van der Waals surface area contributed by atoms with Crippen LogP contribution in [0.1, 0.15) is 42.5 Å². The van der Waals surface area contributed by atoms with Crippen molar-refractivity contribution < 1.29 is 24.6 Å². The second-order valence-electron chi connectivity index (χ2n) is 8.67. The lowest BCUT2D eigenvalue weighted by Crippen LogP contribution is -2.30. The average molecular weight is 450 g/mol. The quantitative estimate of drug-likeness (QED) is 0.571. The molecule has 0 unspecified atom stereocenters. The lowest BCUT2D eigenvalue weighted by Gasteiger charge is -2.24. The van der Waals surface area contributed by atoms with Crippen LogP contribution >= 0.6 is 0 Å². The van der Waals surface area contributed by atoms with Crippen LogP contribution in [0.4, 0.5) is 5.69 Å². The van der Waals surface area contributed by atoms with Crippen LogP contribution in [0.2, 0.25) is 0 Å². The molecule has 1 aromatic carbocycles. The summed E-state index contributed by atoms with van der Waals surface area (Å²) in [6.07, 6.45) is 2.74. The summed E-state index contributed by atoms with van der Waals surface area (Å²) < 4.78 is 1.95. The van der Waals surface area contributed by atoms with Gasteiger partial charge in [0, 0.05) is 37.3 Å². The van der Waals surface area contributed by atoms with Gasteiger partial charge in [-0.3, -0.25) is 14.4 Å². The Hall–Kier alpha value is -3.68. The Morgan fingerprint density at radius 1 is 1.15 bits per heavy atom. The second-order valence-corrected chi connectivity index (χ2v) is 8.67. The Balaban J connectivity index is 1.80. The van der Waals surface area contributed by atoms with Gasteiger partial charge in [-0.2, -0.15) is 0 Å². The average Bonchev–Trinajstić information content (AvgIpc) is 3.10. The largest absolute Gasteiger partial charge is 0.481 e. The lowest BCUT2D eigenvalue weighted by molar-refractivity contribution is -0.138. The summed E-state index contributed by atoms with van der Waals surface area (Å²) in [7, 11) is 1.70. The van der Waals surface area contributed by atoms with Gasteiger partial charge < -0.3 is 19.7 Å². The van der Waals surface area contributed by atoms with Gasteiger partial charge in [0.2, 0.25) is 5.91 Å². The second kappa shape index (κ2) is 9.05. The van der Waals surface area contributed by atoms with Crippen LogP contribution in [0.5, 0.6) is 0 Å². The van der Waals surface area contributed by atoms with E-state index in [1.165, 1.54) is 0 Å². The molecule has 2 atom stereocenters. The van der Waals surface area contributed by atoms with Gasteiger partial charge in [0.1, 0.15) is 5.65 Å². The molecule has 3 aromatic rings. The number of hydrogen-bond acceptors (Lipinski definition) is 4. The predicted octanol–water partition coefficient (Wildman–Crippen LogP) is 3.47. The fourth-order valence-corrected chi connectivity index (χ4v) is 4.87. The van der Waals surface area contributed by atoms with Crippen LogP contribution in [-0.2, 0) is 33.8 Å². The number of carboxylic acids is 2. The maximum Gasteiger partial charge on any atom is 0.307 e. The third kappa shape index (κ3) is 4.33. The minimum atomic E-state index is -0.959. The van der Waals surface area contributed by atoms with E-state index in [0.717, 1.165) is 11.3 Å². The van der Waals surface area contributed by atoms with Gasteiger partial charge in [0.05, 0.1) is 18.0 Å². The number of carbonyl (C=O) groups is 3. The third-order valence-electron chi connectivity index (χ3n) is 6.52. The van der Waals surface area contributed by atoms with Crippen molar-refractivity contribution in [3.63, 3.8) is 0 Å². The zero-order valence-corrected chi connectivity index (χ0v) is 18.7. The van der Waals surface area contributed by atoms with Crippen molar-refractivity contribution in [3.8, 4) is 0 Å². The number of nitrogens with zero attached hydrogens (tertiary/aromatic N) is 3.